The van der Waals surface area contributed by atoms with Gasteiger partial charge in [-0.25, -0.2) is 0 Å². The van der Waals surface area contributed by atoms with Gasteiger partial charge in [0, 0.05) is 15.6 Å². The topological polar surface area (TPSA) is 18.5 Å². The van der Waals surface area contributed by atoms with Gasteiger partial charge in [-0.1, -0.05) is 31.9 Å². The minimum atomic E-state index is -0.0218. The summed E-state index contributed by atoms with van der Waals surface area (Å²) >= 11 is 6.92. The van der Waals surface area contributed by atoms with Crippen LogP contribution in [-0.2, 0) is 16.1 Å². The Balaban J connectivity index is 1.88. The van der Waals surface area contributed by atoms with E-state index in [2.05, 4.69) is 44.0 Å². The van der Waals surface area contributed by atoms with Crippen LogP contribution in [0.25, 0.3) is 0 Å². The summed E-state index contributed by atoms with van der Waals surface area (Å²) in [5.74, 6) is 0. The van der Waals surface area contributed by atoms with Gasteiger partial charge in [-0.3, -0.25) is 0 Å². The Morgan fingerprint density at radius 3 is 2.56 bits per heavy atom. The number of ether oxygens (including phenoxy) is 2. The van der Waals surface area contributed by atoms with Crippen LogP contribution in [0.4, 0.5) is 0 Å². The molecule has 0 N–H and O–H groups in total. The van der Waals surface area contributed by atoms with Crippen molar-refractivity contribution >= 4 is 31.9 Å². The molecule has 1 aliphatic heterocycles. The van der Waals surface area contributed by atoms with Crippen LogP contribution in [0, 0.1) is 0 Å². The average molecular weight is 350 g/mol. The van der Waals surface area contributed by atoms with Crippen LogP contribution >= 0.6 is 31.9 Å². The summed E-state index contributed by atoms with van der Waals surface area (Å²) in [6.07, 6.45) is 3.34. The minimum absolute atomic E-state index is 0.0218. The summed E-state index contributed by atoms with van der Waals surface area (Å²) in [5.41, 5.74) is 1.15. The highest BCUT2D eigenvalue weighted by Crippen LogP contribution is 2.22. The van der Waals surface area contributed by atoms with Crippen molar-refractivity contribution < 1.29 is 9.47 Å². The van der Waals surface area contributed by atoms with Crippen LogP contribution < -0.4 is 0 Å². The van der Waals surface area contributed by atoms with E-state index in [0.29, 0.717) is 6.61 Å². The highest BCUT2D eigenvalue weighted by Gasteiger charge is 2.13. The number of benzene rings is 1. The fraction of sp³-hybridized carbons (Fsp3) is 0.500. The zero-order valence-corrected chi connectivity index (χ0v) is 12.1. The van der Waals surface area contributed by atoms with Crippen LogP contribution in [0.1, 0.15) is 24.8 Å². The zero-order valence-electron chi connectivity index (χ0n) is 8.92. The van der Waals surface area contributed by atoms with Gasteiger partial charge < -0.3 is 9.47 Å². The lowest BCUT2D eigenvalue weighted by molar-refractivity contribution is -0.168. The molecule has 2 rings (SSSR count). The highest BCUT2D eigenvalue weighted by atomic mass is 79.9. The van der Waals surface area contributed by atoms with Crippen molar-refractivity contribution in [3.63, 3.8) is 0 Å². The Kier molecular flexibility index (Phi) is 4.82. The highest BCUT2D eigenvalue weighted by molar-refractivity contribution is 9.11. The van der Waals surface area contributed by atoms with Gasteiger partial charge in [-0.05, 0) is 43.0 Å². The van der Waals surface area contributed by atoms with E-state index < -0.39 is 0 Å². The molecule has 0 amide bonds. The van der Waals surface area contributed by atoms with Crippen molar-refractivity contribution in [1.82, 2.24) is 0 Å². The third-order valence-corrected chi connectivity index (χ3v) is 3.41. The second-order valence-corrected chi connectivity index (χ2v) is 5.72. The van der Waals surface area contributed by atoms with E-state index >= 15 is 0 Å². The SMILES string of the molecule is Brc1cc(Br)cc(COC2CCCCO2)c1. The van der Waals surface area contributed by atoms with Gasteiger partial charge in [0.1, 0.15) is 0 Å². The Hall–Kier alpha value is 0.1000. The van der Waals surface area contributed by atoms with E-state index in [1.165, 1.54) is 6.42 Å². The molecule has 1 saturated heterocycles. The van der Waals surface area contributed by atoms with Crippen molar-refractivity contribution in [3.05, 3.63) is 32.7 Å². The fourth-order valence-corrected chi connectivity index (χ4v) is 3.11. The lowest BCUT2D eigenvalue weighted by Crippen LogP contribution is -2.21. The molecule has 1 aromatic carbocycles. The number of hydrogen-bond donors (Lipinski definition) is 0. The molecule has 0 aromatic heterocycles. The maximum atomic E-state index is 5.72. The van der Waals surface area contributed by atoms with Crippen LogP contribution in [0.3, 0.4) is 0 Å². The standard InChI is InChI=1S/C12H14Br2O2/c13-10-5-9(6-11(14)7-10)8-16-12-3-1-2-4-15-12/h5-7,12H,1-4,8H2. The molecule has 2 nitrogen and oxygen atoms in total. The van der Waals surface area contributed by atoms with E-state index in [0.717, 1.165) is 34.0 Å². The number of halogens is 2. The quantitative estimate of drug-likeness (QED) is 0.811. The van der Waals surface area contributed by atoms with E-state index in [4.69, 9.17) is 9.47 Å². The van der Waals surface area contributed by atoms with Crippen LogP contribution in [0.5, 0.6) is 0 Å². The molecule has 16 heavy (non-hydrogen) atoms. The average Bonchev–Trinajstić information content (AvgIpc) is 2.27. The molecule has 88 valence electrons. The molecular weight excluding hydrogens is 336 g/mol. The Morgan fingerprint density at radius 2 is 1.94 bits per heavy atom. The van der Waals surface area contributed by atoms with Crippen LogP contribution in [0.15, 0.2) is 27.1 Å². The Bertz CT molecular complexity index is 329. The Morgan fingerprint density at radius 1 is 1.19 bits per heavy atom. The predicted octanol–water partition coefficient (Wildman–Crippen LogP) is 4.25. The first-order valence-corrected chi connectivity index (χ1v) is 7.01. The fourth-order valence-electron chi connectivity index (χ4n) is 1.73. The molecule has 1 unspecified atom stereocenters. The molecule has 0 saturated carbocycles. The summed E-state index contributed by atoms with van der Waals surface area (Å²) in [6.45, 7) is 1.43. The molecule has 1 aromatic rings. The first kappa shape index (κ1) is 12.6. The maximum absolute atomic E-state index is 5.72. The third-order valence-electron chi connectivity index (χ3n) is 2.50. The third kappa shape index (κ3) is 3.84. The van der Waals surface area contributed by atoms with Gasteiger partial charge in [-0.15, -0.1) is 0 Å². The number of rotatable bonds is 3. The molecule has 1 fully saturated rings. The van der Waals surface area contributed by atoms with Gasteiger partial charge in [0.05, 0.1) is 6.61 Å². The maximum Gasteiger partial charge on any atom is 0.158 e. The summed E-state index contributed by atoms with van der Waals surface area (Å²) in [5, 5.41) is 0. The van der Waals surface area contributed by atoms with Crippen molar-refractivity contribution in [3.8, 4) is 0 Å². The van der Waals surface area contributed by atoms with Crippen molar-refractivity contribution in [2.24, 2.45) is 0 Å². The lowest BCUT2D eigenvalue weighted by atomic mass is 10.2. The van der Waals surface area contributed by atoms with Crippen molar-refractivity contribution in [2.75, 3.05) is 6.61 Å². The monoisotopic (exact) mass is 348 g/mol. The van der Waals surface area contributed by atoms with Gasteiger partial charge >= 0.3 is 0 Å². The van der Waals surface area contributed by atoms with Crippen LogP contribution in [0.2, 0.25) is 0 Å². The summed E-state index contributed by atoms with van der Waals surface area (Å²) in [7, 11) is 0. The summed E-state index contributed by atoms with van der Waals surface area (Å²) in [6, 6.07) is 6.14. The number of hydrogen-bond acceptors (Lipinski definition) is 2. The van der Waals surface area contributed by atoms with Gasteiger partial charge in [-0.2, -0.15) is 0 Å². The van der Waals surface area contributed by atoms with E-state index in [9.17, 15) is 0 Å². The second-order valence-electron chi connectivity index (χ2n) is 3.88. The molecule has 0 bridgehead atoms. The predicted molar refractivity (Wildman–Crippen MR) is 70.2 cm³/mol. The molecule has 4 heteroatoms. The van der Waals surface area contributed by atoms with Gasteiger partial charge in [0.2, 0.25) is 0 Å². The lowest BCUT2D eigenvalue weighted by Gasteiger charge is -2.22. The summed E-state index contributed by atoms with van der Waals surface area (Å²) in [4.78, 5) is 0. The molecule has 0 aliphatic carbocycles. The van der Waals surface area contributed by atoms with E-state index in [1.807, 2.05) is 6.07 Å². The van der Waals surface area contributed by atoms with E-state index in [-0.39, 0.29) is 6.29 Å². The normalized spacial score (nSPS) is 21.0. The van der Waals surface area contributed by atoms with Crippen molar-refractivity contribution in [1.29, 1.82) is 0 Å². The largest absolute Gasteiger partial charge is 0.353 e. The van der Waals surface area contributed by atoms with Gasteiger partial charge in [0.25, 0.3) is 0 Å². The van der Waals surface area contributed by atoms with Crippen LogP contribution in [-0.4, -0.2) is 12.9 Å². The molecule has 0 radical (unpaired) electrons. The molecule has 1 atom stereocenters. The van der Waals surface area contributed by atoms with E-state index in [1.54, 1.807) is 0 Å². The van der Waals surface area contributed by atoms with Crippen molar-refractivity contribution in [2.45, 2.75) is 32.2 Å². The smallest absolute Gasteiger partial charge is 0.158 e. The minimum Gasteiger partial charge on any atom is -0.353 e. The first-order valence-electron chi connectivity index (χ1n) is 5.42. The van der Waals surface area contributed by atoms with Gasteiger partial charge in [0.15, 0.2) is 6.29 Å². The molecule has 1 aliphatic rings. The first-order chi connectivity index (χ1) is 7.74. The zero-order chi connectivity index (χ0) is 11.4. The molecule has 0 spiro atoms. The summed E-state index contributed by atoms with van der Waals surface area (Å²) < 4.78 is 13.4. The second kappa shape index (κ2) is 6.15. The molecule has 1 heterocycles. The Labute approximate surface area is 113 Å². The molecular formula is C12H14Br2O2.